The maximum Gasteiger partial charge on any atom is 0.250 e. The second kappa shape index (κ2) is 7.90. The highest BCUT2D eigenvalue weighted by molar-refractivity contribution is 7.93. The summed E-state index contributed by atoms with van der Waals surface area (Å²) in [6, 6.07) is 12.0. The Morgan fingerprint density at radius 3 is 2.48 bits per heavy atom. The summed E-state index contributed by atoms with van der Waals surface area (Å²) in [5.74, 6) is -0.0901. The fourth-order valence-corrected chi connectivity index (χ4v) is 4.69. The molecule has 2 aliphatic rings. The van der Waals surface area contributed by atoms with Gasteiger partial charge in [0, 0.05) is 24.0 Å². The third-order valence-electron chi connectivity index (χ3n) is 4.72. The Labute approximate surface area is 168 Å². The quantitative estimate of drug-likeness (QED) is 0.576. The lowest BCUT2D eigenvalue weighted by Crippen LogP contribution is -2.45. The van der Waals surface area contributed by atoms with Crippen LogP contribution >= 0.6 is 0 Å². The van der Waals surface area contributed by atoms with E-state index in [1.807, 2.05) is 19.1 Å². The van der Waals surface area contributed by atoms with Gasteiger partial charge in [-0.3, -0.25) is 14.9 Å². The average molecular weight is 418 g/mol. The van der Waals surface area contributed by atoms with Gasteiger partial charge in [-0.2, -0.15) is 0 Å². The van der Waals surface area contributed by atoms with Crippen LogP contribution in [0, 0.1) is 12.8 Å². The van der Waals surface area contributed by atoms with E-state index in [9.17, 15) is 13.2 Å². The topological polar surface area (TPSA) is 118 Å². The highest BCUT2D eigenvalue weighted by Gasteiger charge is 2.42. The molecule has 0 aromatic heterocycles. The third kappa shape index (κ3) is 4.29. The van der Waals surface area contributed by atoms with Crippen molar-refractivity contribution in [3.05, 3.63) is 48.0 Å². The number of carbonyl (C=O) groups excluding carboxylic acids is 1. The van der Waals surface area contributed by atoms with Crippen LogP contribution in [-0.4, -0.2) is 39.5 Å². The molecule has 2 atom stereocenters. The number of fused-ring (bicyclic) bond motifs is 1. The summed E-state index contributed by atoms with van der Waals surface area (Å²) in [6.07, 6.45) is 0. The highest BCUT2D eigenvalue weighted by atomic mass is 32.2. The number of anilines is 2. The second-order valence-corrected chi connectivity index (χ2v) is 8.72. The van der Waals surface area contributed by atoms with E-state index in [1.165, 1.54) is 0 Å². The Bertz CT molecular complexity index is 1010. The molecule has 10 heteroatoms. The van der Waals surface area contributed by atoms with Gasteiger partial charge in [-0.25, -0.2) is 13.8 Å². The molecule has 0 saturated carbocycles. The van der Waals surface area contributed by atoms with Gasteiger partial charge < -0.3 is 14.8 Å². The summed E-state index contributed by atoms with van der Waals surface area (Å²) in [5, 5.41) is 1.64. The average Bonchev–Trinajstić information content (AvgIpc) is 3.21. The van der Waals surface area contributed by atoms with Crippen LogP contribution in [0.3, 0.4) is 0 Å². The Morgan fingerprint density at radius 2 is 1.72 bits per heavy atom. The summed E-state index contributed by atoms with van der Waals surface area (Å²) in [5.41, 5.74) is 7.42. The second-order valence-electron chi connectivity index (χ2n) is 6.91. The normalized spacial score (nSPS) is 20.9. The van der Waals surface area contributed by atoms with E-state index >= 15 is 0 Å². The van der Waals surface area contributed by atoms with Gasteiger partial charge in [-0.15, -0.1) is 0 Å². The molecule has 2 unspecified atom stereocenters. The lowest BCUT2D eigenvalue weighted by atomic mass is 10.1. The van der Waals surface area contributed by atoms with Gasteiger partial charge in [-0.1, -0.05) is 17.7 Å². The maximum absolute atomic E-state index is 12.8. The number of hydrazine groups is 1. The molecule has 2 heterocycles. The molecule has 154 valence electrons. The smallest absolute Gasteiger partial charge is 0.250 e. The number of carbonyl (C=O) groups is 1. The van der Waals surface area contributed by atoms with Crippen LogP contribution in [0.5, 0.6) is 11.5 Å². The number of ether oxygens (including phenoxy) is 2. The van der Waals surface area contributed by atoms with Crippen molar-refractivity contribution in [1.82, 2.24) is 10.9 Å². The molecule has 2 aromatic carbocycles. The molecule has 2 aliphatic heterocycles. The number of hydrogen-bond donors (Lipinski definition) is 4. The predicted molar refractivity (Wildman–Crippen MR) is 108 cm³/mol. The number of hydrogen-bond acceptors (Lipinski definition) is 7. The van der Waals surface area contributed by atoms with Crippen LogP contribution in [-0.2, 0) is 14.8 Å². The van der Waals surface area contributed by atoms with Gasteiger partial charge in [-0.05, 0) is 31.2 Å². The molecule has 0 aliphatic carbocycles. The van der Waals surface area contributed by atoms with E-state index in [2.05, 4.69) is 20.9 Å². The maximum atomic E-state index is 12.8. The molecule has 1 saturated heterocycles. The minimum Gasteiger partial charge on any atom is -0.486 e. The monoisotopic (exact) mass is 418 g/mol. The molecule has 1 amide bonds. The Balaban J connectivity index is 1.47. The Morgan fingerprint density at radius 1 is 1.03 bits per heavy atom. The molecular weight excluding hydrogens is 396 g/mol. The van der Waals surface area contributed by atoms with Gasteiger partial charge in [0.1, 0.15) is 13.2 Å². The van der Waals surface area contributed by atoms with Crippen molar-refractivity contribution in [2.24, 2.45) is 5.92 Å². The first-order valence-electron chi connectivity index (χ1n) is 9.19. The van der Waals surface area contributed by atoms with E-state index in [1.54, 1.807) is 30.3 Å². The summed E-state index contributed by atoms with van der Waals surface area (Å²) in [4.78, 5) is 12.8. The zero-order valence-corrected chi connectivity index (χ0v) is 16.6. The first-order valence-corrected chi connectivity index (χ1v) is 10.7. The summed E-state index contributed by atoms with van der Waals surface area (Å²) in [7, 11) is -3.86. The Kier molecular flexibility index (Phi) is 5.31. The molecular formula is C19H22N4O5S. The van der Waals surface area contributed by atoms with Crippen LogP contribution in [0.1, 0.15) is 5.56 Å². The largest absolute Gasteiger partial charge is 0.486 e. The first kappa shape index (κ1) is 19.5. The van der Waals surface area contributed by atoms with Crippen LogP contribution in [0.25, 0.3) is 0 Å². The van der Waals surface area contributed by atoms with E-state index in [0.717, 1.165) is 5.56 Å². The lowest BCUT2D eigenvalue weighted by molar-refractivity contribution is -0.119. The summed E-state index contributed by atoms with van der Waals surface area (Å²) >= 11 is 0. The number of amides is 1. The molecule has 2 aromatic rings. The van der Waals surface area contributed by atoms with Crippen molar-refractivity contribution in [2.75, 3.05) is 29.8 Å². The number of sulfonamides is 1. The summed E-state index contributed by atoms with van der Waals surface area (Å²) in [6.45, 7) is 3.01. The fourth-order valence-electron chi connectivity index (χ4n) is 3.21. The molecule has 0 radical (unpaired) electrons. The molecule has 4 N–H and O–H groups in total. The molecule has 0 spiro atoms. The minimum absolute atomic E-state index is 0.176. The van der Waals surface area contributed by atoms with Crippen LogP contribution in [0.2, 0.25) is 0 Å². The molecule has 1 fully saturated rings. The van der Waals surface area contributed by atoms with Gasteiger partial charge in [0.15, 0.2) is 16.9 Å². The van der Waals surface area contributed by atoms with E-state index < -0.39 is 27.2 Å². The van der Waals surface area contributed by atoms with Crippen molar-refractivity contribution in [3.8, 4) is 11.5 Å². The zero-order valence-electron chi connectivity index (χ0n) is 15.8. The van der Waals surface area contributed by atoms with Crippen molar-refractivity contribution in [1.29, 1.82) is 0 Å². The van der Waals surface area contributed by atoms with E-state index in [0.29, 0.717) is 36.1 Å². The van der Waals surface area contributed by atoms with Gasteiger partial charge >= 0.3 is 0 Å². The van der Waals surface area contributed by atoms with Crippen LogP contribution < -0.4 is 30.4 Å². The van der Waals surface area contributed by atoms with Crippen LogP contribution in [0.15, 0.2) is 42.5 Å². The van der Waals surface area contributed by atoms with Crippen LogP contribution in [0.4, 0.5) is 11.4 Å². The standard InChI is InChI=1S/C19H22N4O5S/c1-12-2-4-13(5-3-12)23-29(25,26)19-15(11-20-22-19)18(24)21-14-6-7-16-17(10-14)28-9-8-27-16/h2-7,10,15,19-20,22-23H,8-9,11H2,1H3,(H,21,24). The molecule has 4 rings (SSSR count). The van der Waals surface area contributed by atoms with Crippen molar-refractivity contribution < 1.29 is 22.7 Å². The highest BCUT2D eigenvalue weighted by Crippen LogP contribution is 2.33. The number of aryl methyl sites for hydroxylation is 1. The lowest BCUT2D eigenvalue weighted by Gasteiger charge is -2.21. The van der Waals surface area contributed by atoms with Gasteiger partial charge in [0.05, 0.1) is 5.92 Å². The van der Waals surface area contributed by atoms with Gasteiger partial charge in [0.2, 0.25) is 5.91 Å². The van der Waals surface area contributed by atoms with E-state index in [4.69, 9.17) is 9.47 Å². The fraction of sp³-hybridized carbons (Fsp3) is 0.316. The van der Waals surface area contributed by atoms with Crippen molar-refractivity contribution in [2.45, 2.75) is 12.3 Å². The SMILES string of the molecule is Cc1ccc(NS(=O)(=O)C2NNCC2C(=O)Nc2ccc3c(c2)OCCO3)cc1. The minimum atomic E-state index is -3.86. The van der Waals surface area contributed by atoms with Gasteiger partial charge in [0.25, 0.3) is 10.0 Å². The Hall–Kier alpha value is -2.82. The predicted octanol–water partition coefficient (Wildman–Crippen LogP) is 1.20. The molecule has 29 heavy (non-hydrogen) atoms. The number of rotatable bonds is 5. The zero-order chi connectivity index (χ0) is 20.4. The van der Waals surface area contributed by atoms with Crippen molar-refractivity contribution >= 4 is 27.3 Å². The van der Waals surface area contributed by atoms with Crippen molar-refractivity contribution in [3.63, 3.8) is 0 Å². The molecule has 0 bridgehead atoms. The first-order chi connectivity index (χ1) is 13.9. The number of nitrogens with one attached hydrogen (secondary N) is 4. The van der Waals surface area contributed by atoms with E-state index in [-0.39, 0.29) is 6.54 Å². The number of benzene rings is 2. The third-order valence-corrected chi connectivity index (χ3v) is 6.36. The summed E-state index contributed by atoms with van der Waals surface area (Å²) < 4.78 is 39.1. The molecule has 9 nitrogen and oxygen atoms in total.